The predicted octanol–water partition coefficient (Wildman–Crippen LogP) is 3.93. The fourth-order valence-corrected chi connectivity index (χ4v) is 6.11. The van der Waals surface area contributed by atoms with Crippen LogP contribution in [0.4, 0.5) is 17.1 Å². The van der Waals surface area contributed by atoms with Gasteiger partial charge in [0.2, 0.25) is 11.8 Å². The van der Waals surface area contributed by atoms with E-state index in [0.717, 1.165) is 28.0 Å². The molecule has 6 rings (SSSR count). The molecule has 2 aromatic carbocycles. The number of benzene rings is 2. The third-order valence-electron chi connectivity index (χ3n) is 8.97. The molecule has 1 aliphatic rings. The van der Waals surface area contributed by atoms with Gasteiger partial charge in [0.15, 0.2) is 5.82 Å². The van der Waals surface area contributed by atoms with E-state index in [-0.39, 0.29) is 48.0 Å². The van der Waals surface area contributed by atoms with Crippen LogP contribution in [0.2, 0.25) is 0 Å². The van der Waals surface area contributed by atoms with Crippen molar-refractivity contribution in [2.24, 2.45) is 14.1 Å². The molecular formula is C38H39N9O4. The molecule has 260 valence electrons. The van der Waals surface area contributed by atoms with E-state index in [1.54, 1.807) is 48.7 Å². The highest BCUT2D eigenvalue weighted by Crippen LogP contribution is 2.33. The van der Waals surface area contributed by atoms with Gasteiger partial charge in [0.1, 0.15) is 11.7 Å². The summed E-state index contributed by atoms with van der Waals surface area (Å²) in [7, 11) is 5.52. The minimum absolute atomic E-state index is 0.0680. The fraction of sp³-hybridized carbons (Fsp3) is 0.289. The van der Waals surface area contributed by atoms with Crippen LogP contribution < -0.4 is 26.5 Å². The summed E-state index contributed by atoms with van der Waals surface area (Å²) >= 11 is 0. The number of aromatic nitrogens is 5. The molecule has 3 aromatic heterocycles. The van der Waals surface area contributed by atoms with Crippen molar-refractivity contribution in [3.05, 3.63) is 93.9 Å². The van der Waals surface area contributed by atoms with Gasteiger partial charge >= 0.3 is 5.69 Å². The zero-order valence-electron chi connectivity index (χ0n) is 29.4. The van der Waals surface area contributed by atoms with Gasteiger partial charge in [-0.3, -0.25) is 33.8 Å². The van der Waals surface area contributed by atoms with Gasteiger partial charge in [-0.15, -0.1) is 0 Å². The van der Waals surface area contributed by atoms with Crippen LogP contribution in [-0.4, -0.2) is 61.4 Å². The Balaban J connectivity index is 1.09. The molecular weight excluding hydrogens is 646 g/mol. The smallest absolute Gasteiger partial charge is 0.328 e. The number of rotatable bonds is 8. The summed E-state index contributed by atoms with van der Waals surface area (Å²) in [5.74, 6) is 5.70. The molecule has 0 saturated carbocycles. The van der Waals surface area contributed by atoms with Crippen LogP contribution in [0.3, 0.4) is 0 Å². The van der Waals surface area contributed by atoms with Crippen LogP contribution in [0.1, 0.15) is 59.8 Å². The number of imidazole rings is 1. The molecule has 0 spiro atoms. The van der Waals surface area contributed by atoms with Crippen molar-refractivity contribution in [1.82, 2.24) is 34.7 Å². The maximum Gasteiger partial charge on any atom is 0.328 e. The van der Waals surface area contributed by atoms with Gasteiger partial charge < -0.3 is 15.5 Å². The Hall–Kier alpha value is -6.29. The molecule has 0 radical (unpaired) electrons. The van der Waals surface area contributed by atoms with Crippen LogP contribution in [0, 0.1) is 18.8 Å². The quantitative estimate of drug-likeness (QED) is 0.163. The number of carbonyl (C=O) groups is 3. The Morgan fingerprint density at radius 2 is 1.78 bits per heavy atom. The highest BCUT2D eigenvalue weighted by molar-refractivity contribution is 6.01. The van der Waals surface area contributed by atoms with E-state index < -0.39 is 6.04 Å². The van der Waals surface area contributed by atoms with Crippen molar-refractivity contribution in [3.63, 3.8) is 0 Å². The normalized spacial score (nSPS) is 14.2. The van der Waals surface area contributed by atoms with Crippen molar-refractivity contribution >= 4 is 45.8 Å². The number of pyridine rings is 1. The predicted molar refractivity (Wildman–Crippen MR) is 196 cm³/mol. The highest BCUT2D eigenvalue weighted by atomic mass is 16.2. The summed E-state index contributed by atoms with van der Waals surface area (Å²) in [4.78, 5) is 64.7. The molecule has 51 heavy (non-hydrogen) atoms. The monoisotopic (exact) mass is 685 g/mol. The van der Waals surface area contributed by atoms with Crippen LogP contribution in [-0.2, 0) is 23.7 Å². The summed E-state index contributed by atoms with van der Waals surface area (Å²) in [5.41, 5.74) is 7.52. The van der Waals surface area contributed by atoms with Gasteiger partial charge in [-0.05, 0) is 66.8 Å². The SMILES string of the molecule is Cc1cc(-c2ncc(N(C)c3cc(C(C)C)c4c(c3)n(C)c(=O)n4C)cn2)cnc1C(=O)NCC#Cc1cccc(NC2CCC(=O)NC2=O)c1. The second-order valence-electron chi connectivity index (χ2n) is 12.9. The molecule has 4 heterocycles. The van der Waals surface area contributed by atoms with E-state index in [2.05, 4.69) is 62.7 Å². The summed E-state index contributed by atoms with van der Waals surface area (Å²) in [6.45, 7) is 6.14. The highest BCUT2D eigenvalue weighted by Gasteiger charge is 2.26. The number of hydrogen-bond acceptors (Lipinski definition) is 9. The van der Waals surface area contributed by atoms with Crippen LogP contribution in [0.25, 0.3) is 22.4 Å². The van der Waals surface area contributed by atoms with Crippen molar-refractivity contribution in [2.75, 3.05) is 23.8 Å². The van der Waals surface area contributed by atoms with E-state index in [0.29, 0.717) is 34.6 Å². The first-order valence-corrected chi connectivity index (χ1v) is 16.6. The zero-order valence-corrected chi connectivity index (χ0v) is 29.4. The molecule has 5 aromatic rings. The van der Waals surface area contributed by atoms with E-state index >= 15 is 0 Å². The van der Waals surface area contributed by atoms with Gasteiger partial charge in [-0.25, -0.2) is 14.8 Å². The summed E-state index contributed by atoms with van der Waals surface area (Å²) in [5, 5.41) is 8.27. The van der Waals surface area contributed by atoms with Crippen LogP contribution >= 0.6 is 0 Å². The van der Waals surface area contributed by atoms with Crippen LogP contribution in [0.15, 0.2) is 65.8 Å². The minimum atomic E-state index is -0.487. The first-order chi connectivity index (χ1) is 24.4. The summed E-state index contributed by atoms with van der Waals surface area (Å²) in [6, 6.07) is 12.7. The van der Waals surface area contributed by atoms with E-state index in [4.69, 9.17) is 0 Å². The standard InChI is InChI=1S/C38H39N9O4/c1-22(2)29-17-27(18-31-34(29)47(6)38(51)46(31)5)45(4)28-20-41-35(42-21-28)25-15-23(3)33(40-19-25)37(50)39-14-8-10-24-9-7-11-26(16-24)43-30-12-13-32(48)44-36(30)49/h7,9,11,15-22,30,43H,12-14H2,1-6H3,(H,39,50)(H,44,48,49). The fourth-order valence-electron chi connectivity index (χ4n) is 6.11. The van der Waals surface area contributed by atoms with Gasteiger partial charge in [0.25, 0.3) is 5.91 Å². The third kappa shape index (κ3) is 7.21. The third-order valence-corrected chi connectivity index (χ3v) is 8.97. The topological polar surface area (TPSA) is 156 Å². The molecule has 13 nitrogen and oxygen atoms in total. The average Bonchev–Trinajstić information content (AvgIpc) is 3.34. The van der Waals surface area contributed by atoms with E-state index in [1.807, 2.05) is 48.3 Å². The molecule has 3 N–H and O–H groups in total. The lowest BCUT2D eigenvalue weighted by molar-refractivity contribution is -0.133. The largest absolute Gasteiger partial charge is 0.374 e. The Morgan fingerprint density at radius 3 is 2.49 bits per heavy atom. The first-order valence-electron chi connectivity index (χ1n) is 16.6. The number of hydrogen-bond donors (Lipinski definition) is 3. The van der Waals surface area contributed by atoms with Gasteiger partial charge in [0, 0.05) is 56.3 Å². The number of nitrogens with one attached hydrogen (secondary N) is 3. The number of fused-ring (bicyclic) bond motifs is 1. The number of amides is 3. The minimum Gasteiger partial charge on any atom is -0.374 e. The lowest BCUT2D eigenvalue weighted by atomic mass is 10.00. The molecule has 1 unspecified atom stereocenters. The number of aryl methyl sites for hydroxylation is 3. The van der Waals surface area contributed by atoms with Gasteiger partial charge in [-0.1, -0.05) is 31.8 Å². The number of imide groups is 1. The number of piperidine rings is 1. The molecule has 0 aliphatic carbocycles. The Kier molecular flexibility index (Phi) is 9.68. The number of anilines is 3. The van der Waals surface area contributed by atoms with Crippen molar-refractivity contribution < 1.29 is 14.4 Å². The Morgan fingerprint density at radius 1 is 1.02 bits per heavy atom. The second kappa shape index (κ2) is 14.3. The molecule has 13 heteroatoms. The summed E-state index contributed by atoms with van der Waals surface area (Å²) in [6.07, 6.45) is 5.76. The van der Waals surface area contributed by atoms with E-state index in [1.165, 1.54) is 0 Å². The summed E-state index contributed by atoms with van der Waals surface area (Å²) < 4.78 is 3.36. The molecule has 3 amide bonds. The van der Waals surface area contributed by atoms with E-state index in [9.17, 15) is 19.2 Å². The molecule has 1 atom stereocenters. The second-order valence-corrected chi connectivity index (χ2v) is 12.9. The zero-order chi connectivity index (χ0) is 36.4. The lowest BCUT2D eigenvalue weighted by Gasteiger charge is -2.22. The van der Waals surface area contributed by atoms with Gasteiger partial charge in [0.05, 0.1) is 35.7 Å². The molecule has 1 aliphatic heterocycles. The first kappa shape index (κ1) is 34.6. The van der Waals surface area contributed by atoms with Crippen molar-refractivity contribution in [3.8, 4) is 23.2 Å². The maximum atomic E-state index is 12.9. The van der Waals surface area contributed by atoms with Crippen LogP contribution in [0.5, 0.6) is 0 Å². The van der Waals surface area contributed by atoms with Gasteiger partial charge in [-0.2, -0.15) is 0 Å². The Labute approximate surface area is 295 Å². The molecule has 0 bridgehead atoms. The lowest BCUT2D eigenvalue weighted by Crippen LogP contribution is -2.47. The number of nitrogens with zero attached hydrogens (tertiary/aromatic N) is 6. The van der Waals surface area contributed by atoms with Crippen molar-refractivity contribution in [2.45, 2.75) is 45.6 Å². The average molecular weight is 686 g/mol. The molecule has 1 saturated heterocycles. The maximum absolute atomic E-state index is 12.9. The van der Waals surface area contributed by atoms with Crippen molar-refractivity contribution in [1.29, 1.82) is 0 Å². The Bertz CT molecular complexity index is 2290. The number of carbonyl (C=O) groups excluding carboxylic acids is 3. The molecule has 1 fully saturated rings.